The lowest BCUT2D eigenvalue weighted by molar-refractivity contribution is 0.252. The molecular formula is C46H38N4O2. The number of rotatable bonds is 7. The van der Waals surface area contributed by atoms with Gasteiger partial charge in [-0.1, -0.05) is 115 Å². The number of allylic oxidation sites excluding steroid dienone is 2. The highest BCUT2D eigenvalue weighted by molar-refractivity contribution is 5.73. The second-order valence-electron chi connectivity index (χ2n) is 13.8. The van der Waals surface area contributed by atoms with Crippen LogP contribution in [0.15, 0.2) is 169 Å². The van der Waals surface area contributed by atoms with Crippen molar-refractivity contribution in [1.29, 1.82) is 0 Å². The van der Waals surface area contributed by atoms with Crippen LogP contribution in [-0.4, -0.2) is 6.17 Å². The lowest BCUT2D eigenvalue weighted by Crippen LogP contribution is -2.64. The van der Waals surface area contributed by atoms with Crippen molar-refractivity contribution in [2.75, 3.05) is 15.5 Å². The Labute approximate surface area is 304 Å². The van der Waals surface area contributed by atoms with Gasteiger partial charge >= 0.3 is 0 Å². The maximum absolute atomic E-state index is 6.51. The van der Waals surface area contributed by atoms with Gasteiger partial charge in [-0.25, -0.2) is 0 Å². The average Bonchev–Trinajstić information content (AvgIpc) is 3.84. The molecule has 0 amide bonds. The molecule has 3 heterocycles. The molecule has 254 valence electrons. The second kappa shape index (κ2) is 12.8. The highest BCUT2D eigenvalue weighted by Crippen LogP contribution is 2.46. The molecule has 6 heteroatoms. The molecule has 1 fully saturated rings. The summed E-state index contributed by atoms with van der Waals surface area (Å²) in [5.41, 5.74) is 12.7. The van der Waals surface area contributed by atoms with Gasteiger partial charge in [-0.15, -0.1) is 0 Å². The van der Waals surface area contributed by atoms with Crippen molar-refractivity contribution >= 4 is 22.6 Å². The molecule has 6 aromatic rings. The van der Waals surface area contributed by atoms with E-state index in [1.165, 1.54) is 33.4 Å². The van der Waals surface area contributed by atoms with E-state index in [1.807, 2.05) is 36.4 Å². The SMILES string of the molecule is C1=C(c2ccccc2)CCC=C1C1NC(c2cccc(-c3ccccc3)c2)N1c1cc(C2Nc3ccccc3O2)cc(C2Nc3ccccc3O2)c1. The van der Waals surface area contributed by atoms with Gasteiger partial charge in [-0.3, -0.25) is 5.32 Å². The van der Waals surface area contributed by atoms with Gasteiger partial charge in [0.2, 0.25) is 0 Å². The van der Waals surface area contributed by atoms with Crippen molar-refractivity contribution < 1.29 is 9.47 Å². The smallest absolute Gasteiger partial charge is 0.196 e. The first-order valence-corrected chi connectivity index (χ1v) is 18.1. The molecule has 0 bridgehead atoms. The van der Waals surface area contributed by atoms with Crippen LogP contribution in [0.1, 0.15) is 53.7 Å². The molecule has 1 aliphatic carbocycles. The summed E-state index contributed by atoms with van der Waals surface area (Å²) in [5, 5.41) is 11.2. The summed E-state index contributed by atoms with van der Waals surface area (Å²) in [4.78, 5) is 2.53. The third-order valence-electron chi connectivity index (χ3n) is 10.5. The number of hydrogen-bond donors (Lipinski definition) is 3. The Kier molecular flexibility index (Phi) is 7.54. The van der Waals surface area contributed by atoms with Gasteiger partial charge in [0.25, 0.3) is 0 Å². The van der Waals surface area contributed by atoms with Crippen LogP contribution in [-0.2, 0) is 0 Å². The van der Waals surface area contributed by atoms with E-state index in [0.29, 0.717) is 0 Å². The van der Waals surface area contributed by atoms with Gasteiger partial charge in [0.1, 0.15) is 23.8 Å². The van der Waals surface area contributed by atoms with Crippen molar-refractivity contribution in [2.24, 2.45) is 0 Å². The molecule has 4 aliphatic rings. The van der Waals surface area contributed by atoms with Gasteiger partial charge < -0.3 is 25.0 Å². The first-order chi connectivity index (χ1) is 25.7. The molecule has 0 radical (unpaired) electrons. The largest absolute Gasteiger partial charge is 0.464 e. The van der Waals surface area contributed by atoms with E-state index in [0.717, 1.165) is 52.5 Å². The minimum absolute atomic E-state index is 0.0307. The van der Waals surface area contributed by atoms with Crippen LogP contribution in [0.5, 0.6) is 11.5 Å². The van der Waals surface area contributed by atoms with Gasteiger partial charge in [0.15, 0.2) is 12.5 Å². The van der Waals surface area contributed by atoms with Gasteiger partial charge in [0, 0.05) is 16.8 Å². The van der Waals surface area contributed by atoms with E-state index in [1.54, 1.807) is 0 Å². The topological polar surface area (TPSA) is 57.8 Å². The maximum atomic E-state index is 6.51. The van der Waals surface area contributed by atoms with Gasteiger partial charge in [-0.2, -0.15) is 0 Å². The van der Waals surface area contributed by atoms with Crippen molar-refractivity contribution in [3.05, 3.63) is 192 Å². The molecule has 10 rings (SSSR count). The molecule has 0 saturated carbocycles. The Bertz CT molecular complexity index is 2210. The van der Waals surface area contributed by atoms with Crippen LogP contribution in [0.3, 0.4) is 0 Å². The minimum Gasteiger partial charge on any atom is -0.464 e. The van der Waals surface area contributed by atoms with E-state index in [-0.39, 0.29) is 24.8 Å². The summed E-state index contributed by atoms with van der Waals surface area (Å²) in [5.74, 6) is 1.71. The van der Waals surface area contributed by atoms with Crippen molar-refractivity contribution in [1.82, 2.24) is 5.32 Å². The molecule has 0 aromatic heterocycles. The average molecular weight is 679 g/mol. The Morgan fingerprint density at radius 1 is 0.519 bits per heavy atom. The standard InChI is InChI=1S/C46H38N4O2/c1-3-13-30(14-4-1)32-17-11-19-34(25-32)43-49-44(35-20-12-18-33(26-35)31-15-5-2-6-16-31)50(43)38-28-36(45-47-39-21-7-9-23-41(39)51-45)27-37(29-38)46-48-40-22-8-10-24-42(40)52-46/h1-11,13-17,19-29,43-49H,12,18H2. The maximum Gasteiger partial charge on any atom is 0.196 e. The van der Waals surface area contributed by atoms with E-state index in [9.17, 15) is 0 Å². The van der Waals surface area contributed by atoms with Crippen molar-refractivity contribution in [2.45, 2.75) is 37.6 Å². The first kappa shape index (κ1) is 30.6. The number of hydrogen-bond acceptors (Lipinski definition) is 6. The molecule has 1 saturated heterocycles. The number of anilines is 3. The van der Waals surface area contributed by atoms with Crippen LogP contribution >= 0.6 is 0 Å². The van der Waals surface area contributed by atoms with Crippen LogP contribution < -0.4 is 30.3 Å². The van der Waals surface area contributed by atoms with Gasteiger partial charge in [-0.05, 0) is 94.8 Å². The fourth-order valence-electron chi connectivity index (χ4n) is 7.89. The third-order valence-corrected chi connectivity index (χ3v) is 10.5. The molecule has 3 N–H and O–H groups in total. The van der Waals surface area contributed by atoms with E-state index in [4.69, 9.17) is 9.47 Å². The van der Waals surface area contributed by atoms with E-state index in [2.05, 4.69) is 148 Å². The predicted octanol–water partition coefficient (Wildman–Crippen LogP) is 10.6. The molecule has 4 atom stereocenters. The Hall–Kier alpha value is -6.24. The van der Waals surface area contributed by atoms with Gasteiger partial charge in [0.05, 0.1) is 11.4 Å². The van der Waals surface area contributed by atoms with E-state index >= 15 is 0 Å². The number of para-hydroxylation sites is 4. The summed E-state index contributed by atoms with van der Waals surface area (Å²) in [6.45, 7) is 0. The zero-order chi connectivity index (χ0) is 34.4. The highest BCUT2D eigenvalue weighted by Gasteiger charge is 2.42. The fraction of sp³-hybridized carbons (Fsp3) is 0.130. The Morgan fingerprint density at radius 2 is 1.12 bits per heavy atom. The predicted molar refractivity (Wildman–Crippen MR) is 209 cm³/mol. The number of nitrogens with zero attached hydrogens (tertiary/aromatic N) is 1. The van der Waals surface area contributed by atoms with Crippen LogP contribution in [0, 0.1) is 0 Å². The zero-order valence-electron chi connectivity index (χ0n) is 28.6. The lowest BCUT2D eigenvalue weighted by atomic mass is 9.89. The lowest BCUT2D eigenvalue weighted by Gasteiger charge is -2.53. The number of fused-ring (bicyclic) bond motifs is 2. The Balaban J connectivity index is 1.08. The van der Waals surface area contributed by atoms with Crippen LogP contribution in [0.2, 0.25) is 0 Å². The summed E-state index contributed by atoms with van der Waals surface area (Å²) in [6, 6.07) is 53.3. The molecule has 4 unspecified atom stereocenters. The molecule has 6 aromatic carbocycles. The zero-order valence-corrected chi connectivity index (χ0v) is 28.6. The summed E-state index contributed by atoms with van der Waals surface area (Å²) in [6.07, 6.45) is 6.04. The minimum atomic E-state index is -0.342. The quantitative estimate of drug-likeness (QED) is 0.156. The molecule has 6 nitrogen and oxygen atoms in total. The molecule has 52 heavy (non-hydrogen) atoms. The molecular weight excluding hydrogens is 641 g/mol. The fourth-order valence-corrected chi connectivity index (χ4v) is 7.89. The molecule has 3 aliphatic heterocycles. The normalized spacial score (nSPS) is 21.3. The van der Waals surface area contributed by atoms with Crippen LogP contribution in [0.25, 0.3) is 16.7 Å². The highest BCUT2D eigenvalue weighted by atomic mass is 16.5. The van der Waals surface area contributed by atoms with Crippen molar-refractivity contribution in [3.63, 3.8) is 0 Å². The Morgan fingerprint density at radius 3 is 1.77 bits per heavy atom. The number of nitrogens with one attached hydrogen (secondary N) is 3. The monoisotopic (exact) mass is 678 g/mol. The van der Waals surface area contributed by atoms with Crippen LogP contribution in [0.4, 0.5) is 17.1 Å². The van der Waals surface area contributed by atoms with E-state index < -0.39 is 0 Å². The summed E-state index contributed by atoms with van der Waals surface area (Å²) >= 11 is 0. The third kappa shape index (κ3) is 5.58. The molecule has 0 spiro atoms. The number of ether oxygens (including phenoxy) is 2. The second-order valence-corrected chi connectivity index (χ2v) is 13.8. The first-order valence-electron chi connectivity index (χ1n) is 18.1. The number of benzene rings is 6. The van der Waals surface area contributed by atoms with Crippen molar-refractivity contribution in [3.8, 4) is 22.6 Å². The summed E-state index contributed by atoms with van der Waals surface area (Å²) < 4.78 is 13.0. The summed E-state index contributed by atoms with van der Waals surface area (Å²) in [7, 11) is 0.